The normalized spacial score (nSPS) is 10.2. The Labute approximate surface area is 109 Å². The Bertz CT molecular complexity index is 619. The number of aryl methyl sites for hydroxylation is 1. The standard InChI is InChI=1S/C13H13N3O3/c1-9-5-10(7-14-6-9)15-12(17)8-16-4-2-3-11(16)13(18)19/h2-7H,8H2,1H3,(H,15,17)(H,18,19). The lowest BCUT2D eigenvalue weighted by Gasteiger charge is -2.08. The third-order valence-corrected chi connectivity index (χ3v) is 2.52. The molecular weight excluding hydrogens is 246 g/mol. The van der Waals surface area contributed by atoms with Crippen molar-refractivity contribution in [1.82, 2.24) is 9.55 Å². The number of aromatic nitrogens is 2. The number of carbonyl (C=O) groups excluding carboxylic acids is 1. The zero-order chi connectivity index (χ0) is 13.8. The Morgan fingerprint density at radius 1 is 1.42 bits per heavy atom. The van der Waals surface area contributed by atoms with Gasteiger partial charge < -0.3 is 15.0 Å². The van der Waals surface area contributed by atoms with Crippen LogP contribution in [0.25, 0.3) is 0 Å². The fourth-order valence-electron chi connectivity index (χ4n) is 1.72. The average Bonchev–Trinajstić information content (AvgIpc) is 2.76. The van der Waals surface area contributed by atoms with Gasteiger partial charge >= 0.3 is 5.97 Å². The van der Waals surface area contributed by atoms with Gasteiger partial charge in [-0.2, -0.15) is 0 Å². The minimum absolute atomic E-state index is 0.0530. The first-order valence-corrected chi connectivity index (χ1v) is 5.66. The van der Waals surface area contributed by atoms with Crippen molar-refractivity contribution in [3.05, 3.63) is 48.0 Å². The van der Waals surface area contributed by atoms with E-state index in [0.29, 0.717) is 5.69 Å². The molecular formula is C13H13N3O3. The van der Waals surface area contributed by atoms with Crippen LogP contribution in [0, 0.1) is 6.92 Å². The molecule has 2 aromatic rings. The second-order valence-corrected chi connectivity index (χ2v) is 4.13. The predicted molar refractivity (Wildman–Crippen MR) is 69.0 cm³/mol. The molecule has 0 aliphatic heterocycles. The van der Waals surface area contributed by atoms with Crippen LogP contribution >= 0.6 is 0 Å². The van der Waals surface area contributed by atoms with Gasteiger partial charge in [-0.1, -0.05) is 0 Å². The molecule has 0 atom stereocenters. The molecule has 0 saturated carbocycles. The van der Waals surface area contributed by atoms with Crippen LogP contribution < -0.4 is 5.32 Å². The molecule has 0 radical (unpaired) electrons. The van der Waals surface area contributed by atoms with Crippen molar-refractivity contribution < 1.29 is 14.7 Å². The van der Waals surface area contributed by atoms with E-state index in [1.54, 1.807) is 30.7 Å². The molecule has 0 fully saturated rings. The van der Waals surface area contributed by atoms with Crippen molar-refractivity contribution in [3.63, 3.8) is 0 Å². The van der Waals surface area contributed by atoms with E-state index in [0.717, 1.165) is 5.56 Å². The molecule has 98 valence electrons. The zero-order valence-corrected chi connectivity index (χ0v) is 10.3. The third kappa shape index (κ3) is 3.19. The fraction of sp³-hybridized carbons (Fsp3) is 0.154. The summed E-state index contributed by atoms with van der Waals surface area (Å²) >= 11 is 0. The predicted octanol–water partition coefficient (Wildman–Crippen LogP) is 1.53. The maximum absolute atomic E-state index is 11.8. The van der Waals surface area contributed by atoms with Gasteiger partial charge in [0.25, 0.3) is 0 Å². The number of amides is 1. The van der Waals surface area contributed by atoms with Gasteiger partial charge in [0.1, 0.15) is 12.2 Å². The molecule has 0 aromatic carbocycles. The Hall–Kier alpha value is -2.63. The van der Waals surface area contributed by atoms with E-state index in [4.69, 9.17) is 5.11 Å². The summed E-state index contributed by atoms with van der Waals surface area (Å²) in [4.78, 5) is 26.7. The van der Waals surface area contributed by atoms with Gasteiger partial charge in [0.15, 0.2) is 0 Å². The molecule has 19 heavy (non-hydrogen) atoms. The highest BCUT2D eigenvalue weighted by atomic mass is 16.4. The molecule has 2 N–H and O–H groups in total. The van der Waals surface area contributed by atoms with Crippen LogP contribution in [0.5, 0.6) is 0 Å². The van der Waals surface area contributed by atoms with Crippen LogP contribution in [0.4, 0.5) is 5.69 Å². The number of nitrogens with one attached hydrogen (secondary N) is 1. The summed E-state index contributed by atoms with van der Waals surface area (Å²) in [6.07, 6.45) is 4.78. The number of hydrogen-bond donors (Lipinski definition) is 2. The lowest BCUT2D eigenvalue weighted by molar-refractivity contribution is -0.116. The maximum atomic E-state index is 11.8. The first-order valence-electron chi connectivity index (χ1n) is 5.66. The number of carboxylic acids is 1. The Morgan fingerprint density at radius 2 is 2.21 bits per heavy atom. The highest BCUT2D eigenvalue weighted by molar-refractivity contribution is 5.92. The smallest absolute Gasteiger partial charge is 0.352 e. The number of anilines is 1. The monoisotopic (exact) mass is 259 g/mol. The van der Waals surface area contributed by atoms with Gasteiger partial charge in [-0.3, -0.25) is 9.78 Å². The average molecular weight is 259 g/mol. The molecule has 2 aromatic heterocycles. The van der Waals surface area contributed by atoms with Crippen molar-refractivity contribution in [2.24, 2.45) is 0 Å². The lowest BCUT2D eigenvalue weighted by atomic mass is 10.3. The molecule has 0 bridgehead atoms. The number of nitrogens with zero attached hydrogens (tertiary/aromatic N) is 2. The summed E-state index contributed by atoms with van der Waals surface area (Å²) in [6, 6.07) is 4.83. The summed E-state index contributed by atoms with van der Waals surface area (Å²) in [5.41, 5.74) is 1.61. The molecule has 0 aliphatic rings. The molecule has 0 spiro atoms. The molecule has 6 heteroatoms. The largest absolute Gasteiger partial charge is 0.477 e. The Morgan fingerprint density at radius 3 is 2.89 bits per heavy atom. The van der Waals surface area contributed by atoms with Crippen LogP contribution in [0.3, 0.4) is 0 Å². The lowest BCUT2D eigenvalue weighted by Crippen LogP contribution is -2.20. The summed E-state index contributed by atoms with van der Waals surface area (Å²) in [6.45, 7) is 1.82. The minimum Gasteiger partial charge on any atom is -0.477 e. The number of rotatable bonds is 4. The van der Waals surface area contributed by atoms with Crippen molar-refractivity contribution in [2.75, 3.05) is 5.32 Å². The van der Waals surface area contributed by atoms with Gasteiger partial charge in [0.05, 0.1) is 11.9 Å². The van der Waals surface area contributed by atoms with E-state index < -0.39 is 5.97 Å². The molecule has 1 amide bonds. The van der Waals surface area contributed by atoms with Gasteiger partial charge in [0, 0.05) is 12.4 Å². The van der Waals surface area contributed by atoms with E-state index in [1.807, 2.05) is 6.92 Å². The van der Waals surface area contributed by atoms with Crippen LogP contribution in [0.2, 0.25) is 0 Å². The van der Waals surface area contributed by atoms with Crippen molar-refractivity contribution in [1.29, 1.82) is 0 Å². The van der Waals surface area contributed by atoms with E-state index in [2.05, 4.69) is 10.3 Å². The topological polar surface area (TPSA) is 84.2 Å². The van der Waals surface area contributed by atoms with E-state index >= 15 is 0 Å². The Balaban J connectivity index is 2.05. The fourth-order valence-corrected chi connectivity index (χ4v) is 1.72. The SMILES string of the molecule is Cc1cncc(NC(=O)Cn2cccc2C(=O)O)c1. The van der Waals surface area contributed by atoms with Gasteiger partial charge in [0.2, 0.25) is 5.91 Å². The third-order valence-electron chi connectivity index (χ3n) is 2.52. The van der Waals surface area contributed by atoms with Crippen LogP contribution in [0.15, 0.2) is 36.8 Å². The molecule has 0 saturated heterocycles. The molecule has 2 heterocycles. The van der Waals surface area contributed by atoms with Crippen LogP contribution in [-0.2, 0) is 11.3 Å². The Kier molecular flexibility index (Phi) is 3.61. The van der Waals surface area contributed by atoms with Crippen LogP contribution in [0.1, 0.15) is 16.1 Å². The van der Waals surface area contributed by atoms with Crippen LogP contribution in [-0.4, -0.2) is 26.5 Å². The highest BCUT2D eigenvalue weighted by Gasteiger charge is 2.11. The maximum Gasteiger partial charge on any atom is 0.352 e. The number of carboxylic acid groups (broad SMARTS) is 1. The number of hydrogen-bond acceptors (Lipinski definition) is 3. The van der Waals surface area contributed by atoms with E-state index in [9.17, 15) is 9.59 Å². The summed E-state index contributed by atoms with van der Waals surface area (Å²) in [5, 5.41) is 11.6. The highest BCUT2D eigenvalue weighted by Crippen LogP contribution is 2.08. The van der Waals surface area contributed by atoms with Crippen molar-refractivity contribution >= 4 is 17.6 Å². The van der Waals surface area contributed by atoms with E-state index in [1.165, 1.54) is 10.6 Å². The molecule has 6 nitrogen and oxygen atoms in total. The minimum atomic E-state index is -1.06. The first-order chi connectivity index (χ1) is 9.06. The first kappa shape index (κ1) is 12.8. The quantitative estimate of drug-likeness (QED) is 0.872. The molecule has 2 rings (SSSR count). The molecule has 0 aliphatic carbocycles. The summed E-state index contributed by atoms with van der Waals surface area (Å²) in [5.74, 6) is -1.36. The van der Waals surface area contributed by atoms with Gasteiger partial charge in [-0.25, -0.2) is 4.79 Å². The van der Waals surface area contributed by atoms with Gasteiger partial charge in [-0.05, 0) is 30.7 Å². The van der Waals surface area contributed by atoms with Crippen molar-refractivity contribution in [3.8, 4) is 0 Å². The second kappa shape index (κ2) is 5.34. The van der Waals surface area contributed by atoms with E-state index in [-0.39, 0.29) is 18.1 Å². The second-order valence-electron chi connectivity index (χ2n) is 4.13. The van der Waals surface area contributed by atoms with Crippen molar-refractivity contribution in [2.45, 2.75) is 13.5 Å². The number of carbonyl (C=O) groups is 2. The zero-order valence-electron chi connectivity index (χ0n) is 10.3. The molecule has 0 unspecified atom stereocenters. The number of pyridine rings is 1. The summed E-state index contributed by atoms with van der Waals surface area (Å²) < 4.78 is 1.38. The number of aromatic carboxylic acids is 1. The summed E-state index contributed by atoms with van der Waals surface area (Å²) in [7, 11) is 0. The van der Waals surface area contributed by atoms with Gasteiger partial charge in [-0.15, -0.1) is 0 Å².